The Morgan fingerprint density at radius 1 is 1.35 bits per heavy atom. The summed E-state index contributed by atoms with van der Waals surface area (Å²) in [5, 5.41) is 8.72. The van der Waals surface area contributed by atoms with Crippen molar-refractivity contribution in [3.8, 4) is 0 Å². The van der Waals surface area contributed by atoms with Crippen LogP contribution in [0.2, 0.25) is 0 Å². The van der Waals surface area contributed by atoms with Crippen molar-refractivity contribution in [3.63, 3.8) is 0 Å². The zero-order valence-corrected chi connectivity index (χ0v) is 13.5. The lowest BCUT2D eigenvalue weighted by Crippen LogP contribution is -2.59. The van der Waals surface area contributed by atoms with Crippen molar-refractivity contribution in [1.29, 1.82) is 0 Å². The second-order valence-electron chi connectivity index (χ2n) is 5.04. The van der Waals surface area contributed by atoms with E-state index in [1.807, 2.05) is 13.8 Å². The van der Waals surface area contributed by atoms with E-state index in [0.29, 0.717) is 5.69 Å². The van der Waals surface area contributed by atoms with Crippen molar-refractivity contribution in [1.82, 2.24) is 9.88 Å². The van der Waals surface area contributed by atoms with Crippen LogP contribution >= 0.6 is 0 Å². The maximum Gasteiger partial charge on any atom is 0.409 e. The molecule has 1 N–H and O–H groups in total. The van der Waals surface area contributed by atoms with E-state index in [2.05, 4.69) is 4.98 Å². The molecule has 23 heavy (non-hydrogen) atoms. The number of rotatable bonds is 3. The van der Waals surface area contributed by atoms with Gasteiger partial charge in [0.15, 0.2) is 0 Å². The molecule has 0 bridgehead atoms. The Balaban J connectivity index is 0.00000127. The third-order valence-corrected chi connectivity index (χ3v) is 3.43. The van der Waals surface area contributed by atoms with E-state index in [1.54, 1.807) is 19.1 Å². The minimum atomic E-state index is -4.43. The van der Waals surface area contributed by atoms with Crippen molar-refractivity contribution < 1.29 is 23.1 Å². The number of anilines is 1. The Morgan fingerprint density at radius 3 is 2.48 bits per heavy atom. The first kappa shape index (κ1) is 19.2. The quantitative estimate of drug-likeness (QED) is 0.921. The number of aryl methyl sites for hydroxylation is 1. The molecule has 1 aliphatic heterocycles. The first-order valence-electron chi connectivity index (χ1n) is 7.47. The van der Waals surface area contributed by atoms with E-state index in [-0.39, 0.29) is 26.2 Å². The Morgan fingerprint density at radius 2 is 2.00 bits per heavy atom. The molecule has 0 saturated carbocycles. The largest absolute Gasteiger partial charge is 0.480 e. The average Bonchev–Trinajstić information content (AvgIpc) is 2.49. The van der Waals surface area contributed by atoms with E-state index in [4.69, 9.17) is 5.11 Å². The van der Waals surface area contributed by atoms with Crippen LogP contribution in [0.15, 0.2) is 18.3 Å². The Bertz CT molecular complexity index is 506. The topological polar surface area (TPSA) is 56.7 Å². The van der Waals surface area contributed by atoms with Crippen LogP contribution in [-0.2, 0) is 4.79 Å². The highest BCUT2D eigenvalue weighted by atomic mass is 19.4. The molecular formula is C15H22F3N3O2. The van der Waals surface area contributed by atoms with Gasteiger partial charge in [-0.15, -0.1) is 0 Å². The van der Waals surface area contributed by atoms with E-state index in [1.165, 1.54) is 16.0 Å². The predicted octanol–water partition coefficient (Wildman–Crippen LogP) is 2.55. The fraction of sp³-hybridized carbons (Fsp3) is 0.600. The van der Waals surface area contributed by atoms with Crippen LogP contribution in [-0.4, -0.2) is 59.4 Å². The monoisotopic (exact) mass is 333 g/mol. The second kappa shape index (κ2) is 8.14. The molecule has 2 heterocycles. The van der Waals surface area contributed by atoms with Crippen molar-refractivity contribution >= 4 is 11.7 Å². The van der Waals surface area contributed by atoms with E-state index < -0.39 is 18.2 Å². The van der Waals surface area contributed by atoms with Crippen LogP contribution in [0.25, 0.3) is 0 Å². The Hall–Kier alpha value is -1.83. The van der Waals surface area contributed by atoms with Gasteiger partial charge in [0.05, 0.1) is 18.4 Å². The van der Waals surface area contributed by atoms with Crippen molar-refractivity contribution in [2.45, 2.75) is 33.0 Å². The summed E-state index contributed by atoms with van der Waals surface area (Å²) in [6, 6.07) is 1.54. The summed E-state index contributed by atoms with van der Waals surface area (Å²) in [7, 11) is 0. The Labute approximate surface area is 133 Å². The lowest BCUT2D eigenvalue weighted by molar-refractivity contribution is -0.159. The number of hydrogen-bond donors (Lipinski definition) is 1. The van der Waals surface area contributed by atoms with Gasteiger partial charge in [-0.25, -0.2) is 0 Å². The number of carbonyl (C=O) groups is 1. The molecule has 0 aromatic carbocycles. The van der Waals surface area contributed by atoms with Gasteiger partial charge in [-0.1, -0.05) is 13.8 Å². The third kappa shape index (κ3) is 5.38. The average molecular weight is 333 g/mol. The van der Waals surface area contributed by atoms with Crippen LogP contribution in [0.1, 0.15) is 19.5 Å². The number of hydrogen-bond acceptors (Lipinski definition) is 4. The van der Waals surface area contributed by atoms with Gasteiger partial charge >= 0.3 is 12.1 Å². The molecule has 1 unspecified atom stereocenters. The SMILES string of the molecule is CC.Cc1ccc(N2CCN(CC(=O)O)CC2C(F)(F)F)cn1. The lowest BCUT2D eigenvalue weighted by atomic mass is 10.1. The molecule has 0 spiro atoms. The number of nitrogens with zero attached hydrogens (tertiary/aromatic N) is 3. The van der Waals surface area contributed by atoms with E-state index >= 15 is 0 Å². The predicted molar refractivity (Wildman–Crippen MR) is 81.6 cm³/mol. The van der Waals surface area contributed by atoms with Crippen LogP contribution in [0, 0.1) is 6.92 Å². The maximum absolute atomic E-state index is 13.2. The summed E-state index contributed by atoms with van der Waals surface area (Å²) in [5.41, 5.74) is 1.13. The molecule has 0 aliphatic carbocycles. The molecule has 1 aliphatic rings. The van der Waals surface area contributed by atoms with Gasteiger partial charge in [0.25, 0.3) is 0 Å². The molecule has 1 aromatic heterocycles. The minimum Gasteiger partial charge on any atom is -0.480 e. The molecule has 0 radical (unpaired) electrons. The van der Waals surface area contributed by atoms with Gasteiger partial charge in [0.1, 0.15) is 6.04 Å². The van der Waals surface area contributed by atoms with Crippen LogP contribution in [0.4, 0.5) is 18.9 Å². The van der Waals surface area contributed by atoms with Crippen molar-refractivity contribution in [3.05, 3.63) is 24.0 Å². The molecule has 1 fully saturated rings. The number of piperazine rings is 1. The summed E-state index contributed by atoms with van der Waals surface area (Å²) >= 11 is 0. The smallest absolute Gasteiger partial charge is 0.409 e. The molecule has 2 rings (SSSR count). The molecular weight excluding hydrogens is 311 g/mol. The molecule has 8 heteroatoms. The molecule has 1 saturated heterocycles. The zero-order valence-electron chi connectivity index (χ0n) is 13.5. The number of halogens is 3. The summed E-state index contributed by atoms with van der Waals surface area (Å²) in [6.45, 7) is 5.40. The minimum absolute atomic E-state index is 0.113. The fourth-order valence-electron chi connectivity index (χ4n) is 2.39. The standard InChI is InChI=1S/C13H16F3N3O2.C2H6/c1-9-2-3-10(6-17-9)19-5-4-18(8-12(20)21)7-11(19)13(14,15)16;1-2/h2-3,6,11H,4-5,7-8H2,1H3,(H,20,21);1-2H3. The number of pyridine rings is 1. The number of carboxylic acid groups (broad SMARTS) is 1. The van der Waals surface area contributed by atoms with Gasteiger partial charge in [-0.3, -0.25) is 14.7 Å². The van der Waals surface area contributed by atoms with Gasteiger partial charge in [-0.2, -0.15) is 13.2 Å². The zero-order chi connectivity index (χ0) is 17.6. The Kier molecular flexibility index (Phi) is 6.80. The highest BCUT2D eigenvalue weighted by molar-refractivity contribution is 5.69. The highest BCUT2D eigenvalue weighted by Gasteiger charge is 2.46. The van der Waals surface area contributed by atoms with Gasteiger partial charge in [0, 0.05) is 25.3 Å². The number of aliphatic carboxylic acids is 1. The maximum atomic E-state index is 13.2. The number of aromatic nitrogens is 1. The van der Waals surface area contributed by atoms with Crippen LogP contribution < -0.4 is 4.90 Å². The molecule has 5 nitrogen and oxygen atoms in total. The number of carboxylic acids is 1. The third-order valence-electron chi connectivity index (χ3n) is 3.43. The van der Waals surface area contributed by atoms with E-state index in [0.717, 1.165) is 5.69 Å². The first-order chi connectivity index (χ1) is 10.8. The van der Waals surface area contributed by atoms with Gasteiger partial charge in [0.2, 0.25) is 0 Å². The normalized spacial score (nSPS) is 19.0. The highest BCUT2D eigenvalue weighted by Crippen LogP contribution is 2.31. The van der Waals surface area contributed by atoms with Crippen molar-refractivity contribution in [2.75, 3.05) is 31.1 Å². The lowest BCUT2D eigenvalue weighted by Gasteiger charge is -2.42. The second-order valence-corrected chi connectivity index (χ2v) is 5.04. The van der Waals surface area contributed by atoms with E-state index in [9.17, 15) is 18.0 Å². The molecule has 0 amide bonds. The summed E-state index contributed by atoms with van der Waals surface area (Å²) in [5.74, 6) is -1.12. The van der Waals surface area contributed by atoms with Crippen molar-refractivity contribution in [2.24, 2.45) is 0 Å². The van der Waals surface area contributed by atoms with Gasteiger partial charge < -0.3 is 10.0 Å². The fourth-order valence-corrected chi connectivity index (χ4v) is 2.39. The van der Waals surface area contributed by atoms with Gasteiger partial charge in [-0.05, 0) is 19.1 Å². The summed E-state index contributed by atoms with van der Waals surface area (Å²) in [6.07, 6.45) is -3.01. The molecule has 1 atom stereocenters. The first-order valence-corrected chi connectivity index (χ1v) is 7.47. The summed E-state index contributed by atoms with van der Waals surface area (Å²) < 4.78 is 39.7. The number of alkyl halides is 3. The molecule has 130 valence electrons. The van der Waals surface area contributed by atoms with Crippen LogP contribution in [0.3, 0.4) is 0 Å². The molecule has 1 aromatic rings. The summed E-state index contributed by atoms with van der Waals surface area (Å²) in [4.78, 5) is 17.2. The van der Waals surface area contributed by atoms with Crippen LogP contribution in [0.5, 0.6) is 0 Å².